The molecule has 1 aromatic heterocycles. The second kappa shape index (κ2) is 6.43. The monoisotopic (exact) mass is 325 g/mol. The first-order valence-electron chi connectivity index (χ1n) is 6.26. The van der Waals surface area contributed by atoms with Gasteiger partial charge in [0.25, 0.3) is 0 Å². The van der Waals surface area contributed by atoms with Crippen molar-refractivity contribution in [1.82, 2.24) is 9.29 Å². The van der Waals surface area contributed by atoms with Gasteiger partial charge in [-0.2, -0.15) is 12.7 Å². The molecule has 0 spiro atoms. The highest BCUT2D eigenvalue weighted by molar-refractivity contribution is 7.90. The Bertz CT molecular complexity index is 688. The van der Waals surface area contributed by atoms with Crippen LogP contribution in [0, 0.1) is 0 Å². The number of hydrogen-bond donors (Lipinski definition) is 0. The van der Waals surface area contributed by atoms with Crippen LogP contribution in [-0.4, -0.2) is 31.8 Å². The summed E-state index contributed by atoms with van der Waals surface area (Å²) in [5.41, 5.74) is 1.36. The molecule has 2 aromatic rings. The normalized spacial score (nSPS) is 11.6. The Morgan fingerprint density at radius 2 is 1.81 bits per heavy atom. The third kappa shape index (κ3) is 3.72. The summed E-state index contributed by atoms with van der Waals surface area (Å²) in [6.45, 7) is 0.204. The highest BCUT2D eigenvalue weighted by atomic mass is 35.5. The Morgan fingerprint density at radius 1 is 1.14 bits per heavy atom. The molecule has 112 valence electrons. The average Bonchev–Trinajstić information content (AvgIpc) is 2.46. The molecule has 5 nitrogen and oxygen atoms in total. The lowest BCUT2D eigenvalue weighted by molar-refractivity contribution is 0.515. The van der Waals surface area contributed by atoms with Crippen LogP contribution >= 0.6 is 11.6 Å². The molecule has 1 aromatic carbocycles. The Hall–Kier alpha value is -1.63. The zero-order chi connectivity index (χ0) is 15.5. The summed E-state index contributed by atoms with van der Waals surface area (Å²) in [6, 6.07) is 10.3. The fraction of sp³-hybridized carbons (Fsp3) is 0.214. The van der Waals surface area contributed by atoms with Crippen LogP contribution in [0.1, 0.15) is 5.56 Å². The standard InChI is InChI=1S/C14H16ClN3O2S/c1-17(2)21(19,20)18(11-12-4-3-9-16-10-12)14-7-5-13(15)6-8-14/h3-10H,11H2,1-2H3. The van der Waals surface area contributed by atoms with Crippen molar-refractivity contribution in [2.45, 2.75) is 6.54 Å². The number of benzene rings is 1. The molecule has 0 atom stereocenters. The molecule has 2 rings (SSSR count). The lowest BCUT2D eigenvalue weighted by atomic mass is 10.2. The van der Waals surface area contributed by atoms with Crippen LogP contribution in [0.2, 0.25) is 5.02 Å². The van der Waals surface area contributed by atoms with Crippen molar-refractivity contribution in [1.29, 1.82) is 0 Å². The van der Waals surface area contributed by atoms with Crippen LogP contribution in [0.3, 0.4) is 0 Å². The molecular weight excluding hydrogens is 310 g/mol. The minimum Gasteiger partial charge on any atom is -0.264 e. The van der Waals surface area contributed by atoms with Gasteiger partial charge in [0.1, 0.15) is 0 Å². The minimum absolute atomic E-state index is 0.204. The van der Waals surface area contributed by atoms with Crippen molar-refractivity contribution in [2.24, 2.45) is 0 Å². The molecule has 0 amide bonds. The minimum atomic E-state index is -3.61. The fourth-order valence-corrected chi connectivity index (χ4v) is 2.99. The summed E-state index contributed by atoms with van der Waals surface area (Å²) >= 11 is 5.86. The summed E-state index contributed by atoms with van der Waals surface area (Å²) < 4.78 is 27.5. The second-order valence-electron chi connectivity index (χ2n) is 4.63. The quantitative estimate of drug-likeness (QED) is 0.849. The summed E-state index contributed by atoms with van der Waals surface area (Å²) in [4.78, 5) is 4.02. The van der Waals surface area contributed by atoms with E-state index >= 15 is 0 Å². The molecule has 0 bridgehead atoms. The third-order valence-electron chi connectivity index (χ3n) is 2.90. The van der Waals surface area contributed by atoms with Gasteiger partial charge in [0, 0.05) is 31.5 Å². The Morgan fingerprint density at radius 3 is 2.33 bits per heavy atom. The van der Waals surface area contributed by atoms with Gasteiger partial charge >= 0.3 is 10.2 Å². The molecule has 1 heterocycles. The summed E-state index contributed by atoms with van der Waals surface area (Å²) in [5, 5.41) is 0.558. The summed E-state index contributed by atoms with van der Waals surface area (Å²) in [7, 11) is -0.604. The number of anilines is 1. The molecule has 0 aliphatic heterocycles. The number of halogens is 1. The van der Waals surface area contributed by atoms with Gasteiger partial charge in [0.2, 0.25) is 0 Å². The SMILES string of the molecule is CN(C)S(=O)(=O)N(Cc1cccnc1)c1ccc(Cl)cc1. The van der Waals surface area contributed by atoms with Gasteiger partial charge in [0.15, 0.2) is 0 Å². The van der Waals surface area contributed by atoms with E-state index in [1.54, 1.807) is 42.7 Å². The van der Waals surface area contributed by atoms with Crippen LogP contribution in [0.25, 0.3) is 0 Å². The fourth-order valence-electron chi connectivity index (χ4n) is 1.77. The molecule has 0 radical (unpaired) electrons. The van der Waals surface area contributed by atoms with Gasteiger partial charge in [0.05, 0.1) is 12.2 Å². The molecule has 0 aliphatic carbocycles. The van der Waals surface area contributed by atoms with Gasteiger partial charge in [-0.1, -0.05) is 17.7 Å². The lowest BCUT2D eigenvalue weighted by Gasteiger charge is -2.27. The topological polar surface area (TPSA) is 53.5 Å². The van der Waals surface area contributed by atoms with E-state index in [-0.39, 0.29) is 6.54 Å². The van der Waals surface area contributed by atoms with Crippen LogP contribution in [0.5, 0.6) is 0 Å². The Kier molecular flexibility index (Phi) is 4.82. The van der Waals surface area contributed by atoms with Gasteiger partial charge in [-0.25, -0.2) is 0 Å². The predicted octanol–water partition coefficient (Wildman–Crippen LogP) is 2.55. The Balaban J connectivity index is 2.42. The van der Waals surface area contributed by atoms with E-state index < -0.39 is 10.2 Å². The number of hydrogen-bond acceptors (Lipinski definition) is 3. The maximum Gasteiger partial charge on any atom is 0.303 e. The van der Waals surface area contributed by atoms with Crippen molar-refractivity contribution >= 4 is 27.5 Å². The van der Waals surface area contributed by atoms with Crippen molar-refractivity contribution in [3.63, 3.8) is 0 Å². The van der Waals surface area contributed by atoms with Crippen molar-refractivity contribution in [2.75, 3.05) is 18.4 Å². The highest BCUT2D eigenvalue weighted by Crippen LogP contribution is 2.23. The zero-order valence-electron chi connectivity index (χ0n) is 11.8. The van der Waals surface area contributed by atoms with Gasteiger partial charge in [-0.05, 0) is 35.9 Å². The predicted molar refractivity (Wildman–Crippen MR) is 84.5 cm³/mol. The largest absolute Gasteiger partial charge is 0.303 e. The first-order valence-corrected chi connectivity index (χ1v) is 8.03. The summed E-state index contributed by atoms with van der Waals surface area (Å²) in [5.74, 6) is 0. The first kappa shape index (κ1) is 15.8. The van der Waals surface area contributed by atoms with Crippen LogP contribution in [0.4, 0.5) is 5.69 Å². The second-order valence-corrected chi connectivity index (χ2v) is 7.14. The Labute approximate surface area is 130 Å². The lowest BCUT2D eigenvalue weighted by Crippen LogP contribution is -2.39. The van der Waals surface area contributed by atoms with E-state index in [4.69, 9.17) is 11.6 Å². The molecule has 7 heteroatoms. The molecular formula is C14H16ClN3O2S. The molecule has 0 aliphatic rings. The zero-order valence-corrected chi connectivity index (χ0v) is 13.3. The highest BCUT2D eigenvalue weighted by Gasteiger charge is 2.25. The molecule has 0 saturated heterocycles. The van der Waals surface area contributed by atoms with E-state index in [1.165, 1.54) is 22.7 Å². The maximum absolute atomic E-state index is 12.5. The van der Waals surface area contributed by atoms with Crippen LogP contribution in [0.15, 0.2) is 48.8 Å². The van der Waals surface area contributed by atoms with Gasteiger partial charge in [-0.3, -0.25) is 9.29 Å². The van der Waals surface area contributed by atoms with Crippen molar-refractivity contribution < 1.29 is 8.42 Å². The van der Waals surface area contributed by atoms with Gasteiger partial charge in [-0.15, -0.1) is 0 Å². The van der Waals surface area contributed by atoms with Crippen molar-refractivity contribution in [3.05, 3.63) is 59.4 Å². The van der Waals surface area contributed by atoms with Gasteiger partial charge < -0.3 is 0 Å². The number of pyridine rings is 1. The van der Waals surface area contributed by atoms with Crippen LogP contribution < -0.4 is 4.31 Å². The molecule has 21 heavy (non-hydrogen) atoms. The number of rotatable bonds is 5. The van der Waals surface area contributed by atoms with E-state index in [0.29, 0.717) is 10.7 Å². The molecule has 0 N–H and O–H groups in total. The van der Waals surface area contributed by atoms with E-state index in [1.807, 2.05) is 6.07 Å². The molecule has 0 saturated carbocycles. The van der Waals surface area contributed by atoms with Crippen molar-refractivity contribution in [3.8, 4) is 0 Å². The molecule has 0 fully saturated rings. The number of aromatic nitrogens is 1. The van der Waals surface area contributed by atoms with E-state index in [0.717, 1.165) is 5.56 Å². The summed E-state index contributed by atoms with van der Waals surface area (Å²) in [6.07, 6.45) is 3.30. The van der Waals surface area contributed by atoms with E-state index in [2.05, 4.69) is 4.98 Å². The average molecular weight is 326 g/mol. The third-order valence-corrected chi connectivity index (χ3v) is 4.98. The van der Waals surface area contributed by atoms with E-state index in [9.17, 15) is 8.42 Å². The van der Waals surface area contributed by atoms with Crippen LogP contribution in [-0.2, 0) is 16.8 Å². The first-order chi connectivity index (χ1) is 9.91. The smallest absolute Gasteiger partial charge is 0.264 e. The molecule has 0 unspecified atom stereocenters. The maximum atomic E-state index is 12.5. The number of nitrogens with zero attached hydrogens (tertiary/aromatic N) is 3.